The summed E-state index contributed by atoms with van der Waals surface area (Å²) in [4.78, 5) is 0.248. The molecule has 0 aliphatic carbocycles. The van der Waals surface area contributed by atoms with E-state index in [0.29, 0.717) is 31.9 Å². The summed E-state index contributed by atoms with van der Waals surface area (Å²) >= 11 is 0. The zero-order valence-electron chi connectivity index (χ0n) is 12.9. The van der Waals surface area contributed by atoms with Crippen LogP contribution in [0.4, 0.5) is 0 Å². The van der Waals surface area contributed by atoms with Gasteiger partial charge < -0.3 is 14.4 Å². The molecular formula is C14H24N2O4S. The Morgan fingerprint density at radius 2 is 2.14 bits per heavy atom. The number of morpholine rings is 1. The van der Waals surface area contributed by atoms with E-state index in [-0.39, 0.29) is 11.5 Å². The standard InChI is InChI=1S/C14H24N2O4S/c1-4-5-15-9-13(8-12(15)10-17)21(18,19)16-6-7-20-14(2,3)11-16/h8-9,17H,4-7,10-11H2,1-3H3. The summed E-state index contributed by atoms with van der Waals surface area (Å²) in [5.74, 6) is 0. The normalized spacial score (nSPS) is 19.8. The van der Waals surface area contributed by atoms with Crippen LogP contribution in [0.3, 0.4) is 0 Å². The van der Waals surface area contributed by atoms with Gasteiger partial charge in [-0.2, -0.15) is 4.31 Å². The lowest BCUT2D eigenvalue weighted by Gasteiger charge is -2.37. The third-order valence-corrected chi connectivity index (χ3v) is 5.43. The van der Waals surface area contributed by atoms with Crippen molar-refractivity contribution in [1.29, 1.82) is 0 Å². The first-order valence-corrected chi connectivity index (χ1v) is 8.68. The minimum absolute atomic E-state index is 0.163. The predicted octanol–water partition coefficient (Wildman–Crippen LogP) is 1.19. The number of rotatable bonds is 5. The molecule has 0 bridgehead atoms. The Morgan fingerprint density at radius 3 is 2.71 bits per heavy atom. The maximum absolute atomic E-state index is 12.7. The topological polar surface area (TPSA) is 71.8 Å². The van der Waals surface area contributed by atoms with E-state index in [9.17, 15) is 13.5 Å². The fourth-order valence-corrected chi connectivity index (χ4v) is 4.21. The smallest absolute Gasteiger partial charge is 0.244 e. The second-order valence-electron chi connectivity index (χ2n) is 5.97. The molecule has 2 heterocycles. The van der Waals surface area contributed by atoms with E-state index in [2.05, 4.69) is 0 Å². The first-order valence-electron chi connectivity index (χ1n) is 7.24. The second kappa shape index (κ2) is 6.08. The molecule has 0 aromatic carbocycles. The van der Waals surface area contributed by atoms with Crippen LogP contribution in [0.5, 0.6) is 0 Å². The number of hydrogen-bond donors (Lipinski definition) is 1. The average Bonchev–Trinajstić information content (AvgIpc) is 2.82. The Kier molecular flexibility index (Phi) is 4.77. The molecule has 1 saturated heterocycles. The monoisotopic (exact) mass is 316 g/mol. The lowest BCUT2D eigenvalue weighted by atomic mass is 10.1. The molecule has 1 fully saturated rings. The lowest BCUT2D eigenvalue weighted by Crippen LogP contribution is -2.50. The van der Waals surface area contributed by atoms with Gasteiger partial charge in [-0.1, -0.05) is 6.92 Å². The highest BCUT2D eigenvalue weighted by molar-refractivity contribution is 7.89. The van der Waals surface area contributed by atoms with Crippen molar-refractivity contribution in [2.75, 3.05) is 19.7 Å². The van der Waals surface area contributed by atoms with E-state index in [4.69, 9.17) is 4.74 Å². The largest absolute Gasteiger partial charge is 0.390 e. The van der Waals surface area contributed by atoms with Gasteiger partial charge in [-0.05, 0) is 26.3 Å². The highest BCUT2D eigenvalue weighted by Crippen LogP contribution is 2.25. The van der Waals surface area contributed by atoms with Crippen LogP contribution in [-0.2, 0) is 27.9 Å². The molecule has 7 heteroatoms. The highest BCUT2D eigenvalue weighted by Gasteiger charge is 2.35. The van der Waals surface area contributed by atoms with Crippen LogP contribution in [0, 0.1) is 0 Å². The highest BCUT2D eigenvalue weighted by atomic mass is 32.2. The third-order valence-electron chi connectivity index (χ3n) is 3.62. The molecule has 0 saturated carbocycles. The van der Waals surface area contributed by atoms with Crippen LogP contribution >= 0.6 is 0 Å². The summed E-state index contributed by atoms with van der Waals surface area (Å²) in [5.41, 5.74) is 0.153. The van der Waals surface area contributed by atoms with Gasteiger partial charge in [0, 0.05) is 31.5 Å². The Bertz CT molecular complexity index is 592. The molecule has 0 atom stereocenters. The summed E-state index contributed by atoms with van der Waals surface area (Å²) in [7, 11) is -3.54. The Morgan fingerprint density at radius 1 is 1.43 bits per heavy atom. The first kappa shape index (κ1) is 16.5. The molecule has 0 radical (unpaired) electrons. The molecule has 0 spiro atoms. The zero-order chi connectivity index (χ0) is 15.7. The van der Waals surface area contributed by atoms with E-state index in [1.807, 2.05) is 20.8 Å². The summed E-state index contributed by atoms with van der Waals surface area (Å²) in [6.07, 6.45) is 2.50. The van der Waals surface area contributed by atoms with Crippen molar-refractivity contribution in [3.05, 3.63) is 18.0 Å². The van der Waals surface area contributed by atoms with Gasteiger partial charge in [-0.25, -0.2) is 8.42 Å². The number of hydrogen-bond acceptors (Lipinski definition) is 4. The van der Waals surface area contributed by atoms with Crippen molar-refractivity contribution in [3.63, 3.8) is 0 Å². The summed E-state index contributed by atoms with van der Waals surface area (Å²) in [6, 6.07) is 1.56. The number of nitrogens with zero attached hydrogens (tertiary/aromatic N) is 2. The van der Waals surface area contributed by atoms with E-state index >= 15 is 0 Å². The average molecular weight is 316 g/mol. The second-order valence-corrected chi connectivity index (χ2v) is 7.90. The van der Waals surface area contributed by atoms with E-state index < -0.39 is 15.6 Å². The maximum Gasteiger partial charge on any atom is 0.244 e. The molecular weight excluding hydrogens is 292 g/mol. The zero-order valence-corrected chi connectivity index (χ0v) is 13.7. The molecule has 6 nitrogen and oxygen atoms in total. The number of aryl methyl sites for hydroxylation is 1. The van der Waals surface area contributed by atoms with Crippen molar-refractivity contribution in [2.24, 2.45) is 0 Å². The van der Waals surface area contributed by atoms with Crippen LogP contribution in [0.2, 0.25) is 0 Å². The van der Waals surface area contributed by atoms with Gasteiger partial charge in [0.2, 0.25) is 10.0 Å². The van der Waals surface area contributed by atoms with Crippen LogP contribution in [0.25, 0.3) is 0 Å². The lowest BCUT2D eigenvalue weighted by molar-refractivity contribution is -0.0640. The third kappa shape index (κ3) is 3.48. The van der Waals surface area contributed by atoms with Gasteiger partial charge in [0.25, 0.3) is 0 Å². The molecule has 0 amide bonds. The molecule has 21 heavy (non-hydrogen) atoms. The van der Waals surface area contributed by atoms with Crippen molar-refractivity contribution in [3.8, 4) is 0 Å². The van der Waals surface area contributed by atoms with Gasteiger partial charge in [-0.15, -0.1) is 0 Å². The van der Waals surface area contributed by atoms with Gasteiger partial charge in [0.05, 0.1) is 18.8 Å². The van der Waals surface area contributed by atoms with E-state index in [1.54, 1.807) is 16.8 Å². The van der Waals surface area contributed by atoms with Gasteiger partial charge >= 0.3 is 0 Å². The summed E-state index contributed by atoms with van der Waals surface area (Å²) in [5, 5.41) is 9.37. The quantitative estimate of drug-likeness (QED) is 0.886. The summed E-state index contributed by atoms with van der Waals surface area (Å²) in [6.45, 7) is 7.41. The van der Waals surface area contributed by atoms with Crippen LogP contribution in [0.15, 0.2) is 17.2 Å². The Hall–Kier alpha value is -0.890. The molecule has 1 aliphatic rings. The predicted molar refractivity (Wildman–Crippen MR) is 79.4 cm³/mol. The molecule has 120 valence electrons. The number of ether oxygens (including phenoxy) is 1. The van der Waals surface area contributed by atoms with Crippen molar-refractivity contribution in [2.45, 2.75) is 50.8 Å². The number of sulfonamides is 1. The fraction of sp³-hybridized carbons (Fsp3) is 0.714. The molecule has 0 unspecified atom stereocenters. The minimum Gasteiger partial charge on any atom is -0.390 e. The molecule has 1 aromatic heterocycles. The van der Waals surface area contributed by atoms with Gasteiger partial charge in [0.1, 0.15) is 4.90 Å². The Labute approximate surface area is 126 Å². The molecule has 1 aliphatic heterocycles. The molecule has 1 aromatic rings. The van der Waals surface area contributed by atoms with Gasteiger partial charge in [0.15, 0.2) is 0 Å². The summed E-state index contributed by atoms with van der Waals surface area (Å²) < 4.78 is 34.3. The minimum atomic E-state index is -3.54. The number of aromatic nitrogens is 1. The fourth-order valence-electron chi connectivity index (χ4n) is 2.57. The van der Waals surface area contributed by atoms with Crippen LogP contribution < -0.4 is 0 Å². The van der Waals surface area contributed by atoms with Crippen LogP contribution in [0.1, 0.15) is 32.9 Å². The van der Waals surface area contributed by atoms with E-state index in [0.717, 1.165) is 6.42 Å². The Balaban J connectivity index is 2.31. The SMILES string of the molecule is CCCn1cc(S(=O)(=O)N2CCOC(C)(C)C2)cc1CO. The number of aliphatic hydroxyl groups excluding tert-OH is 1. The molecule has 1 N–H and O–H groups in total. The van der Waals surface area contributed by atoms with Crippen LogP contribution in [-0.4, -0.2) is 47.7 Å². The first-order chi connectivity index (χ1) is 9.80. The van der Waals surface area contributed by atoms with E-state index in [1.165, 1.54) is 4.31 Å². The van der Waals surface area contributed by atoms with Crippen molar-refractivity contribution >= 4 is 10.0 Å². The van der Waals surface area contributed by atoms with Crippen molar-refractivity contribution in [1.82, 2.24) is 8.87 Å². The maximum atomic E-state index is 12.7. The van der Waals surface area contributed by atoms with Gasteiger partial charge in [-0.3, -0.25) is 0 Å². The number of aliphatic hydroxyl groups is 1. The molecule has 2 rings (SSSR count). The van der Waals surface area contributed by atoms with Crippen molar-refractivity contribution < 1.29 is 18.3 Å².